The molecule has 1 N–H and O–H groups in total. The van der Waals surface area contributed by atoms with Gasteiger partial charge in [0.25, 0.3) is 0 Å². The van der Waals surface area contributed by atoms with Crippen molar-refractivity contribution < 1.29 is 9.84 Å². The van der Waals surface area contributed by atoms with Crippen LogP contribution in [0.25, 0.3) is 0 Å². The zero-order valence-corrected chi connectivity index (χ0v) is 12.4. The summed E-state index contributed by atoms with van der Waals surface area (Å²) in [5.41, 5.74) is 1.70. The molecule has 0 aliphatic heterocycles. The van der Waals surface area contributed by atoms with E-state index in [1.54, 1.807) is 7.11 Å². The molecular weight excluding hydrogens is 240 g/mol. The Morgan fingerprint density at radius 3 is 2.63 bits per heavy atom. The minimum absolute atomic E-state index is 0.322. The first kappa shape index (κ1) is 14.5. The zero-order chi connectivity index (χ0) is 13.9. The van der Waals surface area contributed by atoms with Crippen LogP contribution in [0, 0.1) is 0 Å². The van der Waals surface area contributed by atoms with E-state index in [1.165, 1.54) is 0 Å². The van der Waals surface area contributed by atoms with Gasteiger partial charge in [0.2, 0.25) is 0 Å². The first-order valence-electron chi connectivity index (χ1n) is 7.41. The summed E-state index contributed by atoms with van der Waals surface area (Å²) in [7, 11) is 1.76. The van der Waals surface area contributed by atoms with E-state index in [9.17, 15) is 5.11 Å². The highest BCUT2D eigenvalue weighted by atomic mass is 16.5. The zero-order valence-electron chi connectivity index (χ0n) is 12.4. The molecule has 0 unspecified atom stereocenters. The smallest absolute Gasteiger partial charge is 0.0704 e. The van der Waals surface area contributed by atoms with E-state index in [1.807, 2.05) is 4.68 Å². The van der Waals surface area contributed by atoms with Gasteiger partial charge in [-0.3, -0.25) is 4.68 Å². The van der Waals surface area contributed by atoms with Gasteiger partial charge in [0, 0.05) is 25.8 Å². The number of aromatic nitrogens is 2. The van der Waals surface area contributed by atoms with Crippen LogP contribution < -0.4 is 0 Å². The Morgan fingerprint density at radius 2 is 2.11 bits per heavy atom. The fourth-order valence-corrected chi connectivity index (χ4v) is 2.98. The molecule has 1 aliphatic carbocycles. The number of hydrogen-bond acceptors (Lipinski definition) is 3. The molecule has 0 amide bonds. The van der Waals surface area contributed by atoms with Crippen molar-refractivity contribution in [3.05, 3.63) is 17.5 Å². The summed E-state index contributed by atoms with van der Waals surface area (Å²) in [6.45, 7) is 5.08. The molecule has 0 bridgehead atoms. The van der Waals surface area contributed by atoms with Crippen molar-refractivity contribution in [3.63, 3.8) is 0 Å². The van der Waals surface area contributed by atoms with Crippen LogP contribution >= 0.6 is 0 Å². The van der Waals surface area contributed by atoms with Gasteiger partial charge in [-0.2, -0.15) is 5.10 Å². The third-order valence-corrected chi connectivity index (χ3v) is 4.28. The van der Waals surface area contributed by atoms with Gasteiger partial charge in [-0.1, -0.05) is 6.92 Å². The first-order valence-corrected chi connectivity index (χ1v) is 7.41. The lowest BCUT2D eigenvalue weighted by Crippen LogP contribution is -2.38. The van der Waals surface area contributed by atoms with Crippen LogP contribution in [0.2, 0.25) is 0 Å². The molecule has 0 spiro atoms. The molecule has 1 aromatic rings. The minimum atomic E-state index is -0.576. The fourth-order valence-electron chi connectivity index (χ4n) is 2.98. The first-order chi connectivity index (χ1) is 9.10. The summed E-state index contributed by atoms with van der Waals surface area (Å²) in [6, 6.07) is 2.14. The molecule has 0 saturated heterocycles. The van der Waals surface area contributed by atoms with E-state index in [-0.39, 0.29) is 0 Å². The molecule has 2 rings (SSSR count). The summed E-state index contributed by atoms with van der Waals surface area (Å²) in [6.07, 6.45) is 5.53. The highest BCUT2D eigenvalue weighted by Gasteiger charge is 2.34. The monoisotopic (exact) mass is 266 g/mol. The van der Waals surface area contributed by atoms with Gasteiger partial charge in [-0.25, -0.2) is 0 Å². The van der Waals surface area contributed by atoms with E-state index in [4.69, 9.17) is 4.74 Å². The fraction of sp³-hybridized carbons (Fsp3) is 0.800. The Bertz CT molecular complexity index is 406. The molecule has 108 valence electrons. The summed E-state index contributed by atoms with van der Waals surface area (Å²) in [5, 5.41) is 15.3. The second-order valence-corrected chi connectivity index (χ2v) is 5.63. The van der Waals surface area contributed by atoms with Crippen molar-refractivity contribution in [2.75, 3.05) is 7.11 Å². The Morgan fingerprint density at radius 1 is 1.42 bits per heavy atom. The van der Waals surface area contributed by atoms with Gasteiger partial charge in [0.05, 0.1) is 17.4 Å². The molecule has 1 saturated carbocycles. The van der Waals surface area contributed by atoms with Gasteiger partial charge in [0.15, 0.2) is 0 Å². The van der Waals surface area contributed by atoms with Crippen molar-refractivity contribution in [3.8, 4) is 0 Å². The molecule has 4 nitrogen and oxygen atoms in total. The molecule has 1 aromatic heterocycles. The SMILES string of the molecule is CCc1cc(CC2(O)CCC(OC)CC2)n(CC)n1. The largest absolute Gasteiger partial charge is 0.389 e. The summed E-state index contributed by atoms with van der Waals surface area (Å²) in [5.74, 6) is 0. The Hall–Kier alpha value is -0.870. The summed E-state index contributed by atoms with van der Waals surface area (Å²) < 4.78 is 7.40. The molecule has 19 heavy (non-hydrogen) atoms. The molecule has 0 aromatic carbocycles. The van der Waals surface area contributed by atoms with Gasteiger partial charge in [-0.05, 0) is 45.1 Å². The van der Waals surface area contributed by atoms with Crippen LogP contribution in [0.3, 0.4) is 0 Å². The van der Waals surface area contributed by atoms with Gasteiger partial charge < -0.3 is 9.84 Å². The number of hydrogen-bond donors (Lipinski definition) is 1. The topological polar surface area (TPSA) is 47.3 Å². The van der Waals surface area contributed by atoms with Crippen LogP contribution in [0.1, 0.15) is 50.9 Å². The second-order valence-electron chi connectivity index (χ2n) is 5.63. The summed E-state index contributed by atoms with van der Waals surface area (Å²) >= 11 is 0. The van der Waals surface area contributed by atoms with Crippen LogP contribution in [0.15, 0.2) is 6.07 Å². The normalized spacial score (nSPS) is 27.7. The highest BCUT2D eigenvalue weighted by molar-refractivity contribution is 5.13. The van der Waals surface area contributed by atoms with Gasteiger partial charge >= 0.3 is 0 Å². The van der Waals surface area contributed by atoms with Gasteiger partial charge in [-0.15, -0.1) is 0 Å². The van der Waals surface area contributed by atoms with Crippen molar-refractivity contribution in [2.24, 2.45) is 0 Å². The van der Waals surface area contributed by atoms with E-state index >= 15 is 0 Å². The second kappa shape index (κ2) is 6.06. The van der Waals surface area contributed by atoms with E-state index < -0.39 is 5.60 Å². The Kier molecular flexibility index (Phi) is 4.63. The quantitative estimate of drug-likeness (QED) is 0.889. The number of nitrogens with zero attached hydrogens (tertiary/aromatic N) is 2. The van der Waals surface area contributed by atoms with E-state index in [0.29, 0.717) is 12.5 Å². The van der Waals surface area contributed by atoms with Crippen LogP contribution in [0.4, 0.5) is 0 Å². The number of aryl methyl sites for hydroxylation is 2. The molecule has 0 radical (unpaired) electrons. The predicted octanol–water partition coefficient (Wildman–Crippen LogP) is 2.33. The van der Waals surface area contributed by atoms with E-state index in [2.05, 4.69) is 25.0 Å². The maximum absolute atomic E-state index is 10.7. The molecule has 1 aliphatic rings. The van der Waals surface area contributed by atoms with Crippen molar-refractivity contribution in [1.29, 1.82) is 0 Å². The van der Waals surface area contributed by atoms with Gasteiger partial charge in [0.1, 0.15) is 0 Å². The molecule has 1 fully saturated rings. The third kappa shape index (κ3) is 3.37. The lowest BCUT2D eigenvalue weighted by Gasteiger charge is -2.35. The number of rotatable bonds is 5. The Labute approximate surface area is 115 Å². The molecule has 4 heteroatoms. The van der Waals surface area contributed by atoms with E-state index in [0.717, 1.165) is 50.0 Å². The third-order valence-electron chi connectivity index (χ3n) is 4.28. The molecule has 1 heterocycles. The molecular formula is C15H26N2O2. The summed E-state index contributed by atoms with van der Waals surface area (Å²) in [4.78, 5) is 0. The van der Waals surface area contributed by atoms with Crippen molar-refractivity contribution >= 4 is 0 Å². The standard InChI is InChI=1S/C15H26N2O2/c1-4-12-10-13(17(5-2)16-12)11-15(18)8-6-14(19-3)7-9-15/h10,14,18H,4-9,11H2,1-3H3. The number of methoxy groups -OCH3 is 1. The number of ether oxygens (including phenoxy) is 1. The lowest BCUT2D eigenvalue weighted by molar-refractivity contribution is -0.0437. The van der Waals surface area contributed by atoms with Crippen molar-refractivity contribution in [2.45, 2.75) is 70.6 Å². The van der Waals surface area contributed by atoms with Crippen LogP contribution in [-0.2, 0) is 24.1 Å². The van der Waals surface area contributed by atoms with Crippen LogP contribution in [0.5, 0.6) is 0 Å². The average molecular weight is 266 g/mol. The highest BCUT2D eigenvalue weighted by Crippen LogP contribution is 2.32. The van der Waals surface area contributed by atoms with Crippen molar-refractivity contribution in [1.82, 2.24) is 9.78 Å². The minimum Gasteiger partial charge on any atom is -0.389 e. The number of aliphatic hydroxyl groups is 1. The van der Waals surface area contributed by atoms with Crippen LogP contribution in [-0.4, -0.2) is 33.7 Å². The maximum Gasteiger partial charge on any atom is 0.0704 e. The lowest BCUT2D eigenvalue weighted by atomic mass is 9.80. The maximum atomic E-state index is 10.7. The molecule has 0 atom stereocenters. The predicted molar refractivity (Wildman–Crippen MR) is 75.2 cm³/mol. The average Bonchev–Trinajstić information content (AvgIpc) is 2.81. The Balaban J connectivity index is 2.06.